The van der Waals surface area contributed by atoms with Crippen LogP contribution in [0.4, 0.5) is 0 Å². The molecule has 1 rings (SSSR count). The number of benzene rings is 1. The molecule has 0 amide bonds. The lowest BCUT2D eigenvalue weighted by Gasteiger charge is -2.09. The molecular formula is C21H36ClN7O. The number of aliphatic imine (C=N–C) groups is 1. The molecule has 0 fully saturated rings. The van der Waals surface area contributed by atoms with Gasteiger partial charge in [-0.25, -0.2) is 0 Å². The highest BCUT2D eigenvalue weighted by molar-refractivity contribution is 6.32. The third-order valence-electron chi connectivity index (χ3n) is 4.51. The van der Waals surface area contributed by atoms with Crippen molar-refractivity contribution in [3.8, 4) is 5.75 Å². The first-order chi connectivity index (χ1) is 14.4. The minimum Gasteiger partial charge on any atom is -0.492 e. The summed E-state index contributed by atoms with van der Waals surface area (Å²) in [6.45, 7) is 1.87. The number of nitrogens with two attached hydrogens (primary N) is 3. The molecule has 9 N–H and O–H groups in total. The summed E-state index contributed by atoms with van der Waals surface area (Å²) in [5.74, 6) is 1.29. The van der Waals surface area contributed by atoms with Gasteiger partial charge in [-0.05, 0) is 31.0 Å². The lowest BCUT2D eigenvalue weighted by Crippen LogP contribution is -2.32. The maximum absolute atomic E-state index is 7.40. The lowest BCUT2D eigenvalue weighted by molar-refractivity contribution is 0.313. The first-order valence-corrected chi connectivity index (χ1v) is 10.9. The van der Waals surface area contributed by atoms with Crippen molar-refractivity contribution in [1.82, 2.24) is 5.32 Å². The van der Waals surface area contributed by atoms with Gasteiger partial charge in [-0.3, -0.25) is 15.8 Å². The molecule has 0 bridgehead atoms. The van der Waals surface area contributed by atoms with Crippen molar-refractivity contribution in [2.24, 2.45) is 22.2 Å². The van der Waals surface area contributed by atoms with Gasteiger partial charge in [0, 0.05) is 31.5 Å². The molecule has 0 aromatic heterocycles. The molecular weight excluding hydrogens is 402 g/mol. The monoisotopic (exact) mass is 437 g/mol. The summed E-state index contributed by atoms with van der Waals surface area (Å²) in [5, 5.41) is 18.1. The van der Waals surface area contributed by atoms with Gasteiger partial charge in [-0.2, -0.15) is 0 Å². The molecule has 168 valence electrons. The Hall–Kier alpha value is -2.48. The van der Waals surface area contributed by atoms with E-state index in [-0.39, 0.29) is 11.7 Å². The molecule has 0 radical (unpaired) electrons. The van der Waals surface area contributed by atoms with Crippen LogP contribution in [0.15, 0.2) is 23.2 Å². The molecule has 0 spiro atoms. The van der Waals surface area contributed by atoms with Crippen molar-refractivity contribution in [2.45, 2.75) is 57.8 Å². The number of hydrogen-bond acceptors (Lipinski definition) is 4. The lowest BCUT2D eigenvalue weighted by atomic mass is 10.1. The molecule has 8 nitrogen and oxygen atoms in total. The van der Waals surface area contributed by atoms with Crippen LogP contribution < -0.4 is 27.3 Å². The van der Waals surface area contributed by atoms with Crippen LogP contribution >= 0.6 is 11.6 Å². The molecule has 0 heterocycles. The van der Waals surface area contributed by atoms with E-state index in [0.717, 1.165) is 38.6 Å². The summed E-state index contributed by atoms with van der Waals surface area (Å²) in [5.41, 5.74) is 17.2. The van der Waals surface area contributed by atoms with Crippen LogP contribution in [0, 0.1) is 10.8 Å². The Morgan fingerprint density at radius 3 is 2.27 bits per heavy atom. The van der Waals surface area contributed by atoms with Crippen LogP contribution in [0.3, 0.4) is 0 Å². The predicted octanol–water partition coefficient (Wildman–Crippen LogP) is 3.35. The van der Waals surface area contributed by atoms with Crippen molar-refractivity contribution >= 4 is 29.2 Å². The number of rotatable bonds is 16. The maximum atomic E-state index is 7.40. The van der Waals surface area contributed by atoms with Crippen molar-refractivity contribution in [2.75, 3.05) is 19.7 Å². The largest absolute Gasteiger partial charge is 0.492 e. The van der Waals surface area contributed by atoms with Gasteiger partial charge < -0.3 is 27.3 Å². The second-order valence-corrected chi connectivity index (χ2v) is 7.61. The number of guanidine groups is 1. The van der Waals surface area contributed by atoms with E-state index in [1.165, 1.54) is 25.7 Å². The number of halogens is 1. The molecule has 0 aliphatic carbocycles. The van der Waals surface area contributed by atoms with Crippen LogP contribution in [-0.2, 0) is 0 Å². The Labute approximate surface area is 184 Å². The molecule has 1 aromatic rings. The standard InChI is InChI=1S/C21H36ClN7O/c22-17-15-16(20(25)26)10-11-18(17)30-14-8-13-29-21(27)28-12-7-5-3-1-2-4-6-9-19(23)24/h10-11,15H,1-9,12-14H2,(H3,23,24)(H3,25,26)(H3,27,28,29). The van der Waals surface area contributed by atoms with Gasteiger partial charge in [0.1, 0.15) is 11.6 Å². The summed E-state index contributed by atoms with van der Waals surface area (Å²) in [7, 11) is 0. The third-order valence-corrected chi connectivity index (χ3v) is 4.81. The summed E-state index contributed by atoms with van der Waals surface area (Å²) >= 11 is 6.13. The highest BCUT2D eigenvalue weighted by atomic mass is 35.5. The number of ether oxygens (including phenoxy) is 1. The molecule has 0 aliphatic heterocycles. The van der Waals surface area contributed by atoms with E-state index in [0.29, 0.717) is 35.4 Å². The summed E-state index contributed by atoms with van der Waals surface area (Å²) in [6.07, 6.45) is 9.50. The normalized spacial score (nSPS) is 11.3. The molecule has 0 saturated carbocycles. The van der Waals surface area contributed by atoms with Gasteiger partial charge >= 0.3 is 0 Å². The van der Waals surface area contributed by atoms with Crippen LogP contribution in [-0.4, -0.2) is 37.3 Å². The maximum Gasteiger partial charge on any atom is 0.188 e. The number of nitrogens with zero attached hydrogens (tertiary/aromatic N) is 1. The van der Waals surface area contributed by atoms with Gasteiger partial charge in [0.15, 0.2) is 5.96 Å². The highest BCUT2D eigenvalue weighted by Crippen LogP contribution is 2.25. The Morgan fingerprint density at radius 1 is 0.967 bits per heavy atom. The summed E-state index contributed by atoms with van der Waals surface area (Å²) < 4.78 is 5.64. The predicted molar refractivity (Wildman–Crippen MR) is 126 cm³/mol. The minimum atomic E-state index is -0.0260. The van der Waals surface area contributed by atoms with Crippen molar-refractivity contribution < 1.29 is 4.74 Å². The van der Waals surface area contributed by atoms with Gasteiger partial charge in [0.05, 0.1) is 17.5 Å². The van der Waals surface area contributed by atoms with E-state index < -0.39 is 0 Å². The molecule has 30 heavy (non-hydrogen) atoms. The van der Waals surface area contributed by atoms with Crippen molar-refractivity contribution in [1.29, 1.82) is 10.8 Å². The van der Waals surface area contributed by atoms with Gasteiger partial charge in [-0.1, -0.05) is 43.7 Å². The molecule has 9 heteroatoms. The SMILES string of the molecule is N=C(N)CCCCCCCCCNC(N)=NCCCOc1ccc(C(=N)N)cc1Cl. The number of unbranched alkanes of at least 4 members (excludes halogenated alkanes) is 6. The average molecular weight is 438 g/mol. The number of nitrogens with one attached hydrogen (secondary N) is 3. The number of amidine groups is 2. The quantitative estimate of drug-likeness (QED) is 0.132. The fraction of sp³-hybridized carbons (Fsp3) is 0.571. The first kappa shape index (κ1) is 25.6. The molecule has 0 atom stereocenters. The Kier molecular flexibility index (Phi) is 13.1. The number of nitrogen functional groups attached to an aromatic ring is 1. The zero-order chi connectivity index (χ0) is 22.2. The topological polar surface area (TPSA) is 159 Å². The van der Waals surface area contributed by atoms with Gasteiger partial charge in [0.2, 0.25) is 0 Å². The Bertz CT molecular complexity index is 694. The van der Waals surface area contributed by atoms with E-state index in [1.807, 2.05) is 0 Å². The van der Waals surface area contributed by atoms with Crippen LogP contribution in [0.5, 0.6) is 5.75 Å². The van der Waals surface area contributed by atoms with Crippen molar-refractivity contribution in [3.05, 3.63) is 28.8 Å². The van der Waals surface area contributed by atoms with Crippen LogP contribution in [0.2, 0.25) is 5.02 Å². The zero-order valence-corrected chi connectivity index (χ0v) is 18.4. The van der Waals surface area contributed by atoms with Crippen molar-refractivity contribution in [3.63, 3.8) is 0 Å². The molecule has 0 unspecified atom stereocenters. The average Bonchev–Trinajstić information content (AvgIpc) is 2.69. The van der Waals surface area contributed by atoms with Gasteiger partial charge in [-0.15, -0.1) is 0 Å². The first-order valence-electron chi connectivity index (χ1n) is 10.5. The molecule has 1 aromatic carbocycles. The fourth-order valence-corrected chi connectivity index (χ4v) is 3.06. The Balaban J connectivity index is 2.02. The molecule has 0 aliphatic rings. The van der Waals surface area contributed by atoms with E-state index in [9.17, 15) is 0 Å². The minimum absolute atomic E-state index is 0.0260. The van der Waals surface area contributed by atoms with E-state index in [4.69, 9.17) is 44.4 Å². The van der Waals surface area contributed by atoms with E-state index in [1.54, 1.807) is 18.2 Å². The van der Waals surface area contributed by atoms with Crippen LogP contribution in [0.25, 0.3) is 0 Å². The number of hydrogen-bond donors (Lipinski definition) is 6. The summed E-state index contributed by atoms with van der Waals surface area (Å²) in [4.78, 5) is 4.30. The highest BCUT2D eigenvalue weighted by Gasteiger charge is 2.04. The second kappa shape index (κ2) is 15.4. The zero-order valence-electron chi connectivity index (χ0n) is 17.7. The summed E-state index contributed by atoms with van der Waals surface area (Å²) in [6, 6.07) is 5.04. The van der Waals surface area contributed by atoms with E-state index in [2.05, 4.69) is 10.3 Å². The Morgan fingerprint density at radius 2 is 1.63 bits per heavy atom. The van der Waals surface area contributed by atoms with Crippen LogP contribution in [0.1, 0.15) is 63.4 Å². The third kappa shape index (κ3) is 12.2. The van der Waals surface area contributed by atoms with E-state index >= 15 is 0 Å². The fourth-order valence-electron chi connectivity index (χ4n) is 2.83. The molecule has 0 saturated heterocycles. The van der Waals surface area contributed by atoms with Gasteiger partial charge in [0.25, 0.3) is 0 Å². The smallest absolute Gasteiger partial charge is 0.188 e. The second-order valence-electron chi connectivity index (χ2n) is 7.20.